The highest BCUT2D eigenvalue weighted by atomic mass is 14.9. The first-order valence-corrected chi connectivity index (χ1v) is 2.64. The molecule has 0 aromatic rings. The van der Waals surface area contributed by atoms with E-state index in [1.165, 1.54) is 0 Å². The maximum atomic E-state index is 8.03. The molecule has 0 aliphatic rings. The Kier molecular flexibility index (Phi) is 5.94. The Bertz CT molecular complexity index is 74.2. The normalized spacial score (nSPS) is 8.50. The summed E-state index contributed by atoms with van der Waals surface area (Å²) in [6, 6.07) is 1.99. The molecule has 0 unspecified atom stereocenters. The number of nitrogens with one attached hydrogen (secondary N) is 2. The molecule has 0 amide bonds. The topological polar surface area (TPSA) is 47.8 Å². The van der Waals surface area contributed by atoms with Crippen molar-refractivity contribution in [2.45, 2.75) is 0 Å². The van der Waals surface area contributed by atoms with Gasteiger partial charge in [-0.15, -0.1) is 0 Å². The lowest BCUT2D eigenvalue weighted by molar-refractivity contribution is 0.693. The molecule has 0 aromatic heterocycles. The molecule has 8 heavy (non-hydrogen) atoms. The van der Waals surface area contributed by atoms with Gasteiger partial charge in [0.15, 0.2) is 0 Å². The average Bonchev–Trinajstić information content (AvgIpc) is 1.81. The van der Waals surface area contributed by atoms with Gasteiger partial charge in [-0.25, -0.2) is 0 Å². The van der Waals surface area contributed by atoms with E-state index in [0.717, 1.165) is 13.1 Å². The van der Waals surface area contributed by atoms with E-state index in [0.29, 0.717) is 6.54 Å². The Morgan fingerprint density at radius 3 is 2.75 bits per heavy atom. The first kappa shape index (κ1) is 7.41. The van der Waals surface area contributed by atoms with Crippen LogP contribution < -0.4 is 10.6 Å². The van der Waals surface area contributed by atoms with Gasteiger partial charge < -0.3 is 10.6 Å². The average molecular weight is 113 g/mol. The van der Waals surface area contributed by atoms with Crippen LogP contribution in [0.5, 0.6) is 0 Å². The van der Waals surface area contributed by atoms with Crippen LogP contribution in [0.25, 0.3) is 0 Å². The second kappa shape index (κ2) is 6.41. The second-order valence-electron chi connectivity index (χ2n) is 1.44. The van der Waals surface area contributed by atoms with Crippen LogP contribution in [-0.4, -0.2) is 26.7 Å². The quantitative estimate of drug-likeness (QED) is 0.375. The number of rotatable bonds is 4. The maximum Gasteiger partial charge on any atom is 0.0841 e. The molecular weight excluding hydrogens is 102 g/mol. The van der Waals surface area contributed by atoms with Crippen molar-refractivity contribution in [2.24, 2.45) is 0 Å². The monoisotopic (exact) mass is 113 g/mol. The van der Waals surface area contributed by atoms with Gasteiger partial charge in [0.25, 0.3) is 0 Å². The first-order chi connectivity index (χ1) is 3.91. The summed E-state index contributed by atoms with van der Waals surface area (Å²) in [7, 11) is 1.88. The molecule has 0 atom stereocenters. The van der Waals surface area contributed by atoms with Gasteiger partial charge in [0, 0.05) is 13.1 Å². The fourth-order valence-electron chi connectivity index (χ4n) is 0.358. The van der Waals surface area contributed by atoms with Gasteiger partial charge >= 0.3 is 0 Å². The van der Waals surface area contributed by atoms with Gasteiger partial charge in [-0.1, -0.05) is 0 Å². The van der Waals surface area contributed by atoms with Gasteiger partial charge in [0.1, 0.15) is 0 Å². The minimum Gasteiger partial charge on any atom is -0.318 e. The third-order valence-corrected chi connectivity index (χ3v) is 0.756. The Hall–Kier alpha value is -0.590. The Morgan fingerprint density at radius 2 is 2.25 bits per heavy atom. The van der Waals surface area contributed by atoms with Gasteiger partial charge in [-0.3, -0.25) is 0 Å². The van der Waals surface area contributed by atoms with E-state index in [1.54, 1.807) is 0 Å². The Balaban J connectivity index is 2.65. The standard InChI is InChI=1S/C5H11N3/c1-7-4-5-8-3-2-6/h7-8H,3-5H2,1H3. The molecule has 46 valence electrons. The van der Waals surface area contributed by atoms with Crippen molar-refractivity contribution in [3.8, 4) is 6.07 Å². The van der Waals surface area contributed by atoms with Crippen LogP contribution in [-0.2, 0) is 0 Å². The molecule has 0 bridgehead atoms. The van der Waals surface area contributed by atoms with E-state index in [-0.39, 0.29) is 0 Å². The van der Waals surface area contributed by atoms with E-state index in [9.17, 15) is 0 Å². The lowest BCUT2D eigenvalue weighted by atomic mass is 10.6. The SMILES string of the molecule is CNCCNCC#N. The fraction of sp³-hybridized carbons (Fsp3) is 0.800. The summed E-state index contributed by atoms with van der Waals surface area (Å²) in [5.74, 6) is 0. The summed E-state index contributed by atoms with van der Waals surface area (Å²) >= 11 is 0. The fourth-order valence-corrected chi connectivity index (χ4v) is 0.358. The molecule has 0 spiro atoms. The van der Waals surface area contributed by atoms with E-state index < -0.39 is 0 Å². The third-order valence-electron chi connectivity index (χ3n) is 0.756. The molecule has 0 saturated carbocycles. The largest absolute Gasteiger partial charge is 0.318 e. The summed E-state index contributed by atoms with van der Waals surface area (Å²) in [4.78, 5) is 0. The lowest BCUT2D eigenvalue weighted by Gasteiger charge is -1.95. The summed E-state index contributed by atoms with van der Waals surface area (Å²) < 4.78 is 0. The van der Waals surface area contributed by atoms with Crippen LogP contribution in [0.1, 0.15) is 0 Å². The van der Waals surface area contributed by atoms with E-state index >= 15 is 0 Å². The van der Waals surface area contributed by atoms with Crippen molar-refractivity contribution >= 4 is 0 Å². The van der Waals surface area contributed by atoms with Crippen molar-refractivity contribution in [3.63, 3.8) is 0 Å². The first-order valence-electron chi connectivity index (χ1n) is 2.64. The van der Waals surface area contributed by atoms with Crippen molar-refractivity contribution in [1.29, 1.82) is 5.26 Å². The molecule has 3 nitrogen and oxygen atoms in total. The Labute approximate surface area is 49.7 Å². The molecule has 0 aliphatic carbocycles. The van der Waals surface area contributed by atoms with Crippen LogP contribution >= 0.6 is 0 Å². The van der Waals surface area contributed by atoms with E-state index in [2.05, 4.69) is 10.6 Å². The number of nitrogens with zero attached hydrogens (tertiary/aromatic N) is 1. The molecule has 0 saturated heterocycles. The maximum absolute atomic E-state index is 8.03. The molecule has 0 fully saturated rings. The molecule has 0 radical (unpaired) electrons. The van der Waals surface area contributed by atoms with Gasteiger partial charge in [-0.2, -0.15) is 5.26 Å². The molecule has 2 N–H and O–H groups in total. The van der Waals surface area contributed by atoms with Crippen LogP contribution in [0.3, 0.4) is 0 Å². The van der Waals surface area contributed by atoms with Gasteiger partial charge in [0.2, 0.25) is 0 Å². The highest BCUT2D eigenvalue weighted by molar-refractivity contribution is 4.72. The predicted octanol–water partition coefficient (Wildman–Crippen LogP) is -0.681. The minimum absolute atomic E-state index is 0.446. The molecule has 3 heteroatoms. The summed E-state index contributed by atoms with van der Waals surface area (Å²) in [6.45, 7) is 2.23. The number of hydrogen-bond donors (Lipinski definition) is 2. The van der Waals surface area contributed by atoms with Gasteiger partial charge in [0.05, 0.1) is 12.6 Å². The predicted molar refractivity (Wildman–Crippen MR) is 32.4 cm³/mol. The Morgan fingerprint density at radius 1 is 1.50 bits per heavy atom. The number of likely N-dealkylation sites (N-methyl/N-ethyl adjacent to an activating group) is 1. The highest BCUT2D eigenvalue weighted by Gasteiger charge is 1.79. The highest BCUT2D eigenvalue weighted by Crippen LogP contribution is 1.53. The smallest absolute Gasteiger partial charge is 0.0841 e. The zero-order valence-corrected chi connectivity index (χ0v) is 5.07. The molecular formula is C5H11N3. The summed E-state index contributed by atoms with van der Waals surface area (Å²) in [5, 5.41) is 13.9. The summed E-state index contributed by atoms with van der Waals surface area (Å²) in [5.41, 5.74) is 0. The zero-order chi connectivity index (χ0) is 6.24. The molecule has 0 heterocycles. The van der Waals surface area contributed by atoms with Crippen LogP contribution in [0, 0.1) is 11.3 Å². The number of hydrogen-bond acceptors (Lipinski definition) is 3. The van der Waals surface area contributed by atoms with Crippen LogP contribution in [0.2, 0.25) is 0 Å². The van der Waals surface area contributed by atoms with E-state index in [4.69, 9.17) is 5.26 Å². The van der Waals surface area contributed by atoms with Gasteiger partial charge in [-0.05, 0) is 7.05 Å². The van der Waals surface area contributed by atoms with Crippen molar-refractivity contribution in [1.82, 2.24) is 10.6 Å². The van der Waals surface area contributed by atoms with Crippen molar-refractivity contribution in [2.75, 3.05) is 26.7 Å². The van der Waals surface area contributed by atoms with Crippen LogP contribution in [0.15, 0.2) is 0 Å². The molecule has 0 rings (SSSR count). The molecule has 0 aromatic carbocycles. The molecule has 0 aliphatic heterocycles. The lowest BCUT2D eigenvalue weighted by Crippen LogP contribution is -2.24. The third kappa shape index (κ3) is 5.41. The van der Waals surface area contributed by atoms with E-state index in [1.807, 2.05) is 13.1 Å². The van der Waals surface area contributed by atoms with Crippen molar-refractivity contribution < 1.29 is 0 Å². The minimum atomic E-state index is 0.446. The second-order valence-corrected chi connectivity index (χ2v) is 1.44. The zero-order valence-electron chi connectivity index (χ0n) is 5.07. The van der Waals surface area contributed by atoms with Crippen LogP contribution in [0.4, 0.5) is 0 Å². The number of nitriles is 1. The van der Waals surface area contributed by atoms with Crippen molar-refractivity contribution in [3.05, 3.63) is 0 Å². The summed E-state index contributed by atoms with van der Waals surface area (Å²) in [6.07, 6.45) is 0.